The minimum atomic E-state index is -3.72. The summed E-state index contributed by atoms with van der Waals surface area (Å²) in [5, 5.41) is 8.84. The summed E-state index contributed by atoms with van der Waals surface area (Å²) in [7, 11) is -2.13. The van der Waals surface area contributed by atoms with Crippen LogP contribution in [0.5, 0.6) is 0 Å². The Labute approximate surface area is 118 Å². The van der Waals surface area contributed by atoms with Gasteiger partial charge in [0.25, 0.3) is 0 Å². The predicted molar refractivity (Wildman–Crippen MR) is 71.5 cm³/mol. The second-order valence-electron chi connectivity index (χ2n) is 3.82. The van der Waals surface area contributed by atoms with Gasteiger partial charge in [-0.15, -0.1) is 0 Å². The molecule has 1 aromatic heterocycles. The van der Waals surface area contributed by atoms with Gasteiger partial charge in [-0.05, 0) is 18.6 Å². The summed E-state index contributed by atoms with van der Waals surface area (Å²) in [5.74, 6) is 0. The van der Waals surface area contributed by atoms with E-state index in [1.54, 1.807) is 13.2 Å². The molecule has 0 atom stereocenters. The topological polar surface area (TPSA) is 101 Å². The Balaban J connectivity index is 2.45. The van der Waals surface area contributed by atoms with Gasteiger partial charge in [-0.25, -0.2) is 18.1 Å². The van der Waals surface area contributed by atoms with E-state index < -0.39 is 10.0 Å². The molecule has 1 N–H and O–H groups in total. The molecule has 0 spiro atoms. The van der Waals surface area contributed by atoms with Crippen molar-refractivity contribution in [3.63, 3.8) is 0 Å². The van der Waals surface area contributed by atoms with Crippen LogP contribution in [-0.2, 0) is 19.5 Å². The molecule has 0 saturated carbocycles. The first-order chi connectivity index (χ1) is 9.61. The summed E-state index contributed by atoms with van der Waals surface area (Å²) < 4.78 is 36.4. The highest BCUT2D eigenvalue weighted by Gasteiger charge is 2.18. The Kier molecular flexibility index (Phi) is 7.11. The van der Waals surface area contributed by atoms with Crippen molar-refractivity contribution in [2.75, 3.05) is 33.5 Å². The molecule has 0 aliphatic heterocycles. The minimum absolute atomic E-state index is 0.109. The van der Waals surface area contributed by atoms with Crippen molar-refractivity contribution in [2.45, 2.75) is 11.3 Å². The Morgan fingerprint density at radius 2 is 2.20 bits per heavy atom. The number of aromatic nitrogens is 1. The number of methoxy groups -OCH3 is 1. The average molecular weight is 299 g/mol. The molecule has 8 heteroatoms. The molecule has 110 valence electrons. The molecule has 1 rings (SSSR count). The third-order valence-electron chi connectivity index (χ3n) is 2.36. The summed E-state index contributed by atoms with van der Waals surface area (Å²) in [5.41, 5.74) is -0.114. The first-order valence-corrected chi connectivity index (χ1v) is 7.51. The van der Waals surface area contributed by atoms with Crippen molar-refractivity contribution in [2.24, 2.45) is 0 Å². The van der Waals surface area contributed by atoms with Crippen LogP contribution in [0.25, 0.3) is 0 Å². The monoisotopic (exact) mass is 299 g/mol. The average Bonchev–Trinajstić information content (AvgIpc) is 2.46. The summed E-state index contributed by atoms with van der Waals surface area (Å²) >= 11 is 0. The maximum Gasteiger partial charge on any atom is 0.243 e. The van der Waals surface area contributed by atoms with Gasteiger partial charge in [0.2, 0.25) is 10.0 Å². The zero-order valence-corrected chi connectivity index (χ0v) is 12.0. The molecule has 0 radical (unpaired) electrons. The van der Waals surface area contributed by atoms with Gasteiger partial charge in [-0.2, -0.15) is 5.26 Å². The van der Waals surface area contributed by atoms with E-state index in [1.165, 1.54) is 18.3 Å². The molecule has 1 aromatic rings. The minimum Gasteiger partial charge on any atom is -0.382 e. The summed E-state index contributed by atoms with van der Waals surface area (Å²) in [6.07, 6.45) is 1.91. The van der Waals surface area contributed by atoms with Crippen molar-refractivity contribution >= 4 is 10.0 Å². The maximum absolute atomic E-state index is 12.0. The zero-order valence-electron chi connectivity index (χ0n) is 11.2. The van der Waals surface area contributed by atoms with E-state index in [0.717, 1.165) is 0 Å². The SMILES string of the molecule is COCCOCCCNS(=O)(=O)c1cccnc1C#N. The molecule has 0 amide bonds. The molecular formula is C12H17N3O4S. The first kappa shape index (κ1) is 16.5. The van der Waals surface area contributed by atoms with E-state index in [2.05, 4.69) is 9.71 Å². The molecule has 0 aliphatic rings. The standard InChI is InChI=1S/C12H17N3O4S/c1-18-8-9-19-7-3-6-15-20(16,17)12-4-2-5-14-11(12)10-13/h2,4-5,15H,3,6-9H2,1H3. The van der Waals surface area contributed by atoms with Crippen LogP contribution in [0.15, 0.2) is 23.2 Å². The van der Waals surface area contributed by atoms with Gasteiger partial charge in [0.05, 0.1) is 13.2 Å². The van der Waals surface area contributed by atoms with Crippen LogP contribution in [0.1, 0.15) is 12.1 Å². The Bertz CT molecular complexity index is 554. The smallest absolute Gasteiger partial charge is 0.243 e. The second kappa shape index (κ2) is 8.60. The molecule has 0 aliphatic carbocycles. The number of hydrogen-bond acceptors (Lipinski definition) is 6. The van der Waals surface area contributed by atoms with E-state index in [4.69, 9.17) is 14.7 Å². The summed E-state index contributed by atoms with van der Waals surface area (Å²) in [6.45, 7) is 1.65. The van der Waals surface area contributed by atoms with Crippen LogP contribution in [0, 0.1) is 11.3 Å². The lowest BCUT2D eigenvalue weighted by molar-refractivity contribution is 0.0699. The highest BCUT2D eigenvalue weighted by atomic mass is 32.2. The third kappa shape index (κ3) is 5.22. The van der Waals surface area contributed by atoms with Gasteiger partial charge in [0.1, 0.15) is 11.0 Å². The third-order valence-corrected chi connectivity index (χ3v) is 3.85. The van der Waals surface area contributed by atoms with Gasteiger partial charge < -0.3 is 9.47 Å². The summed E-state index contributed by atoms with van der Waals surface area (Å²) in [6, 6.07) is 4.58. The van der Waals surface area contributed by atoms with Crippen molar-refractivity contribution in [1.29, 1.82) is 5.26 Å². The molecule has 20 heavy (non-hydrogen) atoms. The molecule has 0 fully saturated rings. The number of sulfonamides is 1. The van der Waals surface area contributed by atoms with Crippen LogP contribution < -0.4 is 4.72 Å². The molecule has 0 bridgehead atoms. The van der Waals surface area contributed by atoms with Crippen molar-refractivity contribution in [1.82, 2.24) is 9.71 Å². The number of nitriles is 1. The number of rotatable bonds is 9. The van der Waals surface area contributed by atoms with Gasteiger partial charge >= 0.3 is 0 Å². The van der Waals surface area contributed by atoms with Crippen LogP contribution in [0.2, 0.25) is 0 Å². The van der Waals surface area contributed by atoms with Gasteiger partial charge in [-0.1, -0.05) is 0 Å². The molecule has 0 aromatic carbocycles. The van der Waals surface area contributed by atoms with Crippen LogP contribution in [-0.4, -0.2) is 46.9 Å². The fraction of sp³-hybridized carbons (Fsp3) is 0.500. The van der Waals surface area contributed by atoms with Crippen molar-refractivity contribution < 1.29 is 17.9 Å². The van der Waals surface area contributed by atoms with Gasteiger partial charge in [0.15, 0.2) is 5.69 Å². The van der Waals surface area contributed by atoms with E-state index in [1.807, 2.05) is 0 Å². The largest absolute Gasteiger partial charge is 0.382 e. The Hall–Kier alpha value is -1.53. The van der Waals surface area contributed by atoms with Gasteiger partial charge in [0, 0.05) is 26.5 Å². The van der Waals surface area contributed by atoms with E-state index in [0.29, 0.717) is 26.2 Å². The van der Waals surface area contributed by atoms with Crippen LogP contribution in [0.3, 0.4) is 0 Å². The molecule has 1 heterocycles. The zero-order chi connectivity index (χ0) is 14.8. The molecular weight excluding hydrogens is 282 g/mol. The molecule has 7 nitrogen and oxygen atoms in total. The lowest BCUT2D eigenvalue weighted by Gasteiger charge is -2.07. The summed E-state index contributed by atoms with van der Waals surface area (Å²) in [4.78, 5) is 3.61. The Morgan fingerprint density at radius 3 is 2.90 bits per heavy atom. The highest BCUT2D eigenvalue weighted by Crippen LogP contribution is 2.11. The van der Waals surface area contributed by atoms with E-state index >= 15 is 0 Å². The normalized spacial score (nSPS) is 11.2. The van der Waals surface area contributed by atoms with E-state index in [9.17, 15) is 8.42 Å². The number of nitrogens with one attached hydrogen (secondary N) is 1. The second-order valence-corrected chi connectivity index (χ2v) is 5.55. The number of nitrogens with zero attached hydrogens (tertiary/aromatic N) is 2. The van der Waals surface area contributed by atoms with Crippen LogP contribution in [0.4, 0.5) is 0 Å². The molecule has 0 saturated heterocycles. The lowest BCUT2D eigenvalue weighted by Crippen LogP contribution is -2.26. The highest BCUT2D eigenvalue weighted by molar-refractivity contribution is 7.89. The van der Waals surface area contributed by atoms with Crippen LogP contribution >= 0.6 is 0 Å². The van der Waals surface area contributed by atoms with Crippen molar-refractivity contribution in [3.8, 4) is 6.07 Å². The van der Waals surface area contributed by atoms with E-state index in [-0.39, 0.29) is 17.1 Å². The predicted octanol–water partition coefficient (Wildman–Crippen LogP) is 0.285. The Morgan fingerprint density at radius 1 is 1.40 bits per heavy atom. The van der Waals surface area contributed by atoms with Crippen molar-refractivity contribution in [3.05, 3.63) is 24.0 Å². The fourth-order valence-corrected chi connectivity index (χ4v) is 2.57. The van der Waals surface area contributed by atoms with Gasteiger partial charge in [-0.3, -0.25) is 0 Å². The number of pyridine rings is 1. The number of ether oxygens (including phenoxy) is 2. The fourth-order valence-electron chi connectivity index (χ4n) is 1.39. The lowest BCUT2D eigenvalue weighted by atomic mass is 10.4. The quantitative estimate of drug-likeness (QED) is 0.657. The molecule has 0 unspecified atom stereocenters. The maximum atomic E-state index is 12.0. The first-order valence-electron chi connectivity index (χ1n) is 6.03. The number of hydrogen-bond donors (Lipinski definition) is 1.